The van der Waals surface area contributed by atoms with Gasteiger partial charge in [0.2, 0.25) is 0 Å². The standard InChI is InChI=1S/C45H27N3O/c1-3-13-28(14-4-1)34-25-26-38(40-37-24-23-29-15-7-10-20-33(29)41(37)49-42(34)40)44-46-43(30-16-5-2-6-17-30)47-45(48-44)39-27-31-18-8-9-19-32(31)35-21-11-12-22-36(35)39/h1-27H. The highest BCUT2D eigenvalue weighted by atomic mass is 16.3. The molecular weight excluding hydrogens is 599 g/mol. The first-order valence-electron chi connectivity index (χ1n) is 16.5. The molecular formula is C45H27N3O. The third-order valence-corrected chi connectivity index (χ3v) is 9.51. The van der Waals surface area contributed by atoms with E-state index < -0.39 is 0 Å². The van der Waals surface area contributed by atoms with Gasteiger partial charge in [-0.15, -0.1) is 0 Å². The van der Waals surface area contributed by atoms with Crippen LogP contribution >= 0.6 is 0 Å². The van der Waals surface area contributed by atoms with Crippen molar-refractivity contribution in [1.29, 1.82) is 0 Å². The Morgan fingerprint density at radius 1 is 0.327 bits per heavy atom. The molecule has 49 heavy (non-hydrogen) atoms. The Morgan fingerprint density at radius 3 is 1.67 bits per heavy atom. The number of benzene rings is 8. The lowest BCUT2D eigenvalue weighted by atomic mass is 9.96. The van der Waals surface area contributed by atoms with Gasteiger partial charge in [-0.3, -0.25) is 0 Å². The van der Waals surface area contributed by atoms with E-state index in [1.807, 2.05) is 24.3 Å². The first-order chi connectivity index (χ1) is 24.3. The molecule has 2 aromatic heterocycles. The van der Waals surface area contributed by atoms with Crippen molar-refractivity contribution in [2.24, 2.45) is 0 Å². The third kappa shape index (κ3) is 4.42. The van der Waals surface area contributed by atoms with Crippen LogP contribution in [0.4, 0.5) is 0 Å². The molecule has 10 rings (SSSR count). The Hall–Kier alpha value is -6.65. The van der Waals surface area contributed by atoms with Crippen molar-refractivity contribution in [1.82, 2.24) is 15.0 Å². The summed E-state index contributed by atoms with van der Waals surface area (Å²) < 4.78 is 6.88. The van der Waals surface area contributed by atoms with Crippen molar-refractivity contribution in [2.45, 2.75) is 0 Å². The first kappa shape index (κ1) is 27.5. The van der Waals surface area contributed by atoms with E-state index in [2.05, 4.69) is 140 Å². The van der Waals surface area contributed by atoms with Crippen LogP contribution in [0.15, 0.2) is 168 Å². The van der Waals surface area contributed by atoms with E-state index in [0.717, 1.165) is 71.3 Å². The number of furan rings is 1. The van der Waals surface area contributed by atoms with E-state index in [1.165, 1.54) is 10.8 Å². The maximum Gasteiger partial charge on any atom is 0.164 e. The van der Waals surface area contributed by atoms with Crippen molar-refractivity contribution in [3.63, 3.8) is 0 Å². The lowest BCUT2D eigenvalue weighted by molar-refractivity contribution is 0.674. The highest BCUT2D eigenvalue weighted by molar-refractivity contribution is 6.21. The second-order valence-electron chi connectivity index (χ2n) is 12.4. The van der Waals surface area contributed by atoms with Crippen LogP contribution in [0, 0.1) is 0 Å². The van der Waals surface area contributed by atoms with Crippen LogP contribution in [0.3, 0.4) is 0 Å². The van der Waals surface area contributed by atoms with E-state index >= 15 is 0 Å². The maximum absolute atomic E-state index is 6.88. The number of fused-ring (bicyclic) bond motifs is 8. The Morgan fingerprint density at radius 2 is 0.898 bits per heavy atom. The molecule has 0 saturated carbocycles. The Kier molecular flexibility index (Phi) is 6.15. The molecule has 4 heteroatoms. The Labute approximate surface area is 282 Å². The molecule has 0 saturated heterocycles. The number of hydrogen-bond acceptors (Lipinski definition) is 4. The van der Waals surface area contributed by atoms with Gasteiger partial charge in [-0.2, -0.15) is 0 Å². The van der Waals surface area contributed by atoms with E-state index in [4.69, 9.17) is 19.4 Å². The predicted octanol–water partition coefficient (Wildman–Crippen LogP) is 11.9. The largest absolute Gasteiger partial charge is 0.455 e. The lowest BCUT2D eigenvalue weighted by Gasteiger charge is -2.13. The van der Waals surface area contributed by atoms with Crippen LogP contribution in [0.25, 0.3) is 99.5 Å². The third-order valence-electron chi connectivity index (χ3n) is 9.51. The van der Waals surface area contributed by atoms with Gasteiger partial charge in [-0.1, -0.05) is 140 Å². The molecule has 4 nitrogen and oxygen atoms in total. The molecule has 0 bridgehead atoms. The second kappa shape index (κ2) is 11.0. The van der Waals surface area contributed by atoms with Crippen molar-refractivity contribution >= 4 is 54.3 Å². The van der Waals surface area contributed by atoms with Gasteiger partial charge in [0.05, 0.1) is 0 Å². The van der Waals surface area contributed by atoms with Gasteiger partial charge in [0.15, 0.2) is 17.5 Å². The summed E-state index contributed by atoms with van der Waals surface area (Å²) >= 11 is 0. The van der Waals surface area contributed by atoms with Crippen LogP contribution in [0.2, 0.25) is 0 Å². The highest BCUT2D eigenvalue weighted by Crippen LogP contribution is 2.44. The Balaban J connectivity index is 1.31. The Bertz CT molecular complexity index is 2880. The van der Waals surface area contributed by atoms with Gasteiger partial charge >= 0.3 is 0 Å². The van der Waals surface area contributed by atoms with Gasteiger partial charge in [0.25, 0.3) is 0 Å². The summed E-state index contributed by atoms with van der Waals surface area (Å²) in [5, 5.41) is 8.83. The summed E-state index contributed by atoms with van der Waals surface area (Å²) in [6.07, 6.45) is 0. The summed E-state index contributed by atoms with van der Waals surface area (Å²) in [7, 11) is 0. The number of aromatic nitrogens is 3. The zero-order chi connectivity index (χ0) is 32.3. The molecule has 0 unspecified atom stereocenters. The zero-order valence-corrected chi connectivity index (χ0v) is 26.3. The van der Waals surface area contributed by atoms with Gasteiger partial charge < -0.3 is 4.42 Å². The van der Waals surface area contributed by atoms with E-state index in [9.17, 15) is 0 Å². The minimum absolute atomic E-state index is 0.599. The average Bonchev–Trinajstić information content (AvgIpc) is 3.58. The zero-order valence-electron chi connectivity index (χ0n) is 26.3. The maximum atomic E-state index is 6.88. The molecule has 0 spiro atoms. The lowest BCUT2D eigenvalue weighted by Crippen LogP contribution is -2.01. The van der Waals surface area contributed by atoms with Crippen molar-refractivity contribution in [3.8, 4) is 45.3 Å². The fraction of sp³-hybridized carbons (Fsp3) is 0. The second-order valence-corrected chi connectivity index (χ2v) is 12.4. The van der Waals surface area contributed by atoms with Gasteiger partial charge in [0.1, 0.15) is 11.2 Å². The molecule has 0 aliphatic rings. The first-order valence-corrected chi connectivity index (χ1v) is 16.5. The van der Waals surface area contributed by atoms with Gasteiger partial charge in [-0.25, -0.2) is 15.0 Å². The fourth-order valence-corrected chi connectivity index (χ4v) is 7.21. The molecule has 2 heterocycles. The smallest absolute Gasteiger partial charge is 0.164 e. The minimum atomic E-state index is 0.599. The van der Waals surface area contributed by atoms with Crippen molar-refractivity contribution in [3.05, 3.63) is 164 Å². The predicted molar refractivity (Wildman–Crippen MR) is 201 cm³/mol. The molecule has 0 radical (unpaired) electrons. The van der Waals surface area contributed by atoms with Gasteiger partial charge in [0, 0.05) is 38.4 Å². The molecule has 10 aromatic rings. The fourth-order valence-electron chi connectivity index (χ4n) is 7.21. The summed E-state index contributed by atoms with van der Waals surface area (Å²) in [5.41, 5.74) is 6.58. The minimum Gasteiger partial charge on any atom is -0.455 e. The normalized spacial score (nSPS) is 11.7. The van der Waals surface area contributed by atoms with Crippen molar-refractivity contribution in [2.75, 3.05) is 0 Å². The number of rotatable bonds is 4. The summed E-state index contributed by atoms with van der Waals surface area (Å²) in [6, 6.07) is 56.7. The van der Waals surface area contributed by atoms with Crippen molar-refractivity contribution < 1.29 is 4.42 Å². The van der Waals surface area contributed by atoms with Crippen LogP contribution in [-0.2, 0) is 0 Å². The molecule has 0 amide bonds. The molecule has 0 fully saturated rings. The van der Waals surface area contributed by atoms with E-state index in [-0.39, 0.29) is 0 Å². The molecule has 0 aliphatic carbocycles. The molecule has 228 valence electrons. The van der Waals surface area contributed by atoms with E-state index in [0.29, 0.717) is 17.5 Å². The van der Waals surface area contributed by atoms with Gasteiger partial charge in [-0.05, 0) is 56.8 Å². The molecule has 0 aliphatic heterocycles. The average molecular weight is 626 g/mol. The van der Waals surface area contributed by atoms with Crippen LogP contribution < -0.4 is 0 Å². The summed E-state index contributed by atoms with van der Waals surface area (Å²) in [5.74, 6) is 1.85. The molecule has 0 N–H and O–H groups in total. The van der Waals surface area contributed by atoms with Crippen LogP contribution in [0.5, 0.6) is 0 Å². The van der Waals surface area contributed by atoms with Crippen LogP contribution in [-0.4, -0.2) is 15.0 Å². The highest BCUT2D eigenvalue weighted by Gasteiger charge is 2.22. The van der Waals surface area contributed by atoms with E-state index in [1.54, 1.807) is 0 Å². The SMILES string of the molecule is c1ccc(-c2nc(-c3cc4ccccc4c4ccccc34)nc(-c3ccc(-c4ccccc4)c4oc5c6ccccc6ccc5c34)n2)cc1. The molecule has 0 atom stereocenters. The monoisotopic (exact) mass is 625 g/mol. The number of hydrogen-bond donors (Lipinski definition) is 0. The number of nitrogens with zero attached hydrogens (tertiary/aromatic N) is 3. The van der Waals surface area contributed by atoms with Crippen LogP contribution in [0.1, 0.15) is 0 Å². The summed E-state index contributed by atoms with van der Waals surface area (Å²) in [6.45, 7) is 0. The summed E-state index contributed by atoms with van der Waals surface area (Å²) in [4.78, 5) is 15.6. The topological polar surface area (TPSA) is 51.8 Å². The molecule has 8 aromatic carbocycles. The quantitative estimate of drug-likeness (QED) is 0.183.